The molecule has 1 fully saturated rings. The molecule has 1 unspecified atom stereocenters. The Morgan fingerprint density at radius 3 is 2.67 bits per heavy atom. The van der Waals surface area contributed by atoms with E-state index < -0.39 is 0 Å². The molecule has 2 amide bonds. The molecule has 4 rings (SSSR count). The van der Waals surface area contributed by atoms with Crippen molar-refractivity contribution in [2.45, 2.75) is 24.2 Å². The van der Waals surface area contributed by atoms with Crippen molar-refractivity contribution in [3.8, 4) is 0 Å². The van der Waals surface area contributed by atoms with Crippen LogP contribution in [0.5, 0.6) is 0 Å². The SMILES string of the molecule is Cc1ccc(SCC(=O)Nc2nnc(C3CC(=O)N(c4ccc(F)cc4)C3)s2)cc1. The van der Waals surface area contributed by atoms with E-state index in [0.29, 0.717) is 28.8 Å². The molecule has 1 aromatic heterocycles. The maximum Gasteiger partial charge on any atom is 0.236 e. The minimum absolute atomic E-state index is 0.0399. The van der Waals surface area contributed by atoms with Crippen LogP contribution in [-0.4, -0.2) is 34.3 Å². The molecule has 2 aromatic carbocycles. The van der Waals surface area contributed by atoms with E-state index >= 15 is 0 Å². The third-order valence-corrected chi connectivity index (χ3v) is 6.70. The molecular weight excluding hydrogens is 423 g/mol. The third kappa shape index (κ3) is 4.85. The fourth-order valence-electron chi connectivity index (χ4n) is 3.13. The van der Waals surface area contributed by atoms with E-state index in [9.17, 15) is 14.0 Å². The van der Waals surface area contributed by atoms with Gasteiger partial charge in [-0.2, -0.15) is 0 Å². The van der Waals surface area contributed by atoms with Crippen LogP contribution in [-0.2, 0) is 9.59 Å². The summed E-state index contributed by atoms with van der Waals surface area (Å²) < 4.78 is 13.1. The molecule has 1 N–H and O–H groups in total. The largest absolute Gasteiger partial charge is 0.312 e. The van der Waals surface area contributed by atoms with E-state index in [-0.39, 0.29) is 29.3 Å². The van der Waals surface area contributed by atoms with Gasteiger partial charge in [0.25, 0.3) is 0 Å². The van der Waals surface area contributed by atoms with E-state index in [1.54, 1.807) is 17.0 Å². The van der Waals surface area contributed by atoms with E-state index in [0.717, 1.165) is 4.90 Å². The normalized spacial score (nSPS) is 16.1. The molecule has 0 saturated carbocycles. The highest BCUT2D eigenvalue weighted by atomic mass is 32.2. The minimum atomic E-state index is -0.341. The number of rotatable bonds is 6. The first-order valence-corrected chi connectivity index (χ1v) is 11.2. The number of anilines is 2. The highest BCUT2D eigenvalue weighted by molar-refractivity contribution is 8.00. The first-order valence-electron chi connectivity index (χ1n) is 9.36. The quantitative estimate of drug-likeness (QED) is 0.578. The Bertz CT molecular complexity index is 1050. The predicted molar refractivity (Wildman–Crippen MR) is 117 cm³/mol. The average molecular weight is 443 g/mol. The van der Waals surface area contributed by atoms with Crippen LogP contribution in [0.3, 0.4) is 0 Å². The van der Waals surface area contributed by atoms with Crippen LogP contribution in [0, 0.1) is 12.7 Å². The zero-order valence-corrected chi connectivity index (χ0v) is 17.8. The molecule has 1 aliphatic rings. The van der Waals surface area contributed by atoms with Crippen molar-refractivity contribution in [2.75, 3.05) is 22.5 Å². The summed E-state index contributed by atoms with van der Waals surface area (Å²) in [6, 6.07) is 13.8. The fraction of sp³-hybridized carbons (Fsp3) is 0.238. The van der Waals surface area contributed by atoms with E-state index in [2.05, 4.69) is 15.5 Å². The topological polar surface area (TPSA) is 75.2 Å². The lowest BCUT2D eigenvalue weighted by Crippen LogP contribution is -2.24. The van der Waals surface area contributed by atoms with E-state index in [1.165, 1.54) is 40.8 Å². The molecular formula is C21H19FN4O2S2. The van der Waals surface area contributed by atoms with Crippen LogP contribution in [0.2, 0.25) is 0 Å². The van der Waals surface area contributed by atoms with Gasteiger partial charge in [-0.05, 0) is 43.3 Å². The van der Waals surface area contributed by atoms with Crippen molar-refractivity contribution in [2.24, 2.45) is 0 Å². The second-order valence-electron chi connectivity index (χ2n) is 6.98. The van der Waals surface area contributed by atoms with Crippen molar-refractivity contribution >= 4 is 45.7 Å². The van der Waals surface area contributed by atoms with Crippen molar-refractivity contribution in [1.29, 1.82) is 0 Å². The Balaban J connectivity index is 1.33. The van der Waals surface area contributed by atoms with Gasteiger partial charge < -0.3 is 4.90 Å². The summed E-state index contributed by atoms with van der Waals surface area (Å²) >= 11 is 2.74. The van der Waals surface area contributed by atoms with Crippen molar-refractivity contribution < 1.29 is 14.0 Å². The third-order valence-electron chi connectivity index (χ3n) is 4.69. The molecule has 0 aliphatic carbocycles. The van der Waals surface area contributed by atoms with Crippen molar-refractivity contribution in [3.05, 3.63) is 64.9 Å². The Kier molecular flexibility index (Phi) is 6.10. The number of nitrogens with zero attached hydrogens (tertiary/aromatic N) is 3. The molecule has 1 atom stereocenters. The minimum Gasteiger partial charge on any atom is -0.312 e. The number of halogens is 1. The number of nitrogens with one attached hydrogen (secondary N) is 1. The highest BCUT2D eigenvalue weighted by Gasteiger charge is 2.34. The van der Waals surface area contributed by atoms with Crippen molar-refractivity contribution in [3.63, 3.8) is 0 Å². The molecule has 9 heteroatoms. The molecule has 0 spiro atoms. The van der Waals surface area contributed by atoms with Crippen LogP contribution >= 0.6 is 23.1 Å². The van der Waals surface area contributed by atoms with Gasteiger partial charge in [0.1, 0.15) is 10.8 Å². The summed E-state index contributed by atoms with van der Waals surface area (Å²) in [5.74, 6) is -0.363. The molecule has 2 heterocycles. The standard InChI is InChI=1S/C21H19FN4O2S2/c1-13-2-8-17(9-3-13)29-12-18(27)23-21-25-24-20(30-21)14-10-19(28)26(11-14)16-6-4-15(22)5-7-16/h2-9,14H,10-12H2,1H3,(H,23,25,27). The smallest absolute Gasteiger partial charge is 0.236 e. The molecule has 1 saturated heterocycles. The Morgan fingerprint density at radius 2 is 1.93 bits per heavy atom. The maximum atomic E-state index is 13.1. The molecule has 154 valence electrons. The van der Waals surface area contributed by atoms with Gasteiger partial charge in [-0.1, -0.05) is 29.0 Å². The second kappa shape index (κ2) is 8.93. The first-order chi connectivity index (χ1) is 14.5. The number of carbonyl (C=O) groups excluding carboxylic acids is 2. The Labute approximate surface area is 181 Å². The molecule has 0 radical (unpaired) electrons. The monoisotopic (exact) mass is 442 g/mol. The van der Waals surface area contributed by atoms with Gasteiger partial charge in [0.2, 0.25) is 16.9 Å². The molecule has 1 aliphatic heterocycles. The van der Waals surface area contributed by atoms with Gasteiger partial charge in [-0.3, -0.25) is 14.9 Å². The Morgan fingerprint density at radius 1 is 1.20 bits per heavy atom. The van der Waals surface area contributed by atoms with Crippen LogP contribution in [0.1, 0.15) is 22.9 Å². The molecule has 30 heavy (non-hydrogen) atoms. The summed E-state index contributed by atoms with van der Waals surface area (Å²) in [4.78, 5) is 27.3. The maximum absolute atomic E-state index is 13.1. The lowest BCUT2D eigenvalue weighted by molar-refractivity contribution is -0.117. The number of aromatic nitrogens is 2. The molecule has 3 aromatic rings. The van der Waals surface area contributed by atoms with E-state index in [1.807, 2.05) is 31.2 Å². The number of hydrogen-bond donors (Lipinski definition) is 1. The Hall–Kier alpha value is -2.78. The zero-order chi connectivity index (χ0) is 21.1. The lowest BCUT2D eigenvalue weighted by atomic mass is 10.1. The number of aryl methyl sites for hydroxylation is 1. The molecule has 6 nitrogen and oxygen atoms in total. The highest BCUT2D eigenvalue weighted by Crippen LogP contribution is 2.34. The van der Waals surface area contributed by atoms with Crippen LogP contribution in [0.15, 0.2) is 53.4 Å². The number of hydrogen-bond acceptors (Lipinski definition) is 6. The van der Waals surface area contributed by atoms with Crippen molar-refractivity contribution in [1.82, 2.24) is 10.2 Å². The predicted octanol–water partition coefficient (Wildman–Crippen LogP) is 4.24. The summed E-state index contributed by atoms with van der Waals surface area (Å²) in [7, 11) is 0. The van der Waals surface area contributed by atoms with E-state index in [4.69, 9.17) is 0 Å². The summed E-state index contributed by atoms with van der Waals surface area (Å²) in [6.07, 6.45) is 0.309. The summed E-state index contributed by atoms with van der Waals surface area (Å²) in [5.41, 5.74) is 1.84. The van der Waals surface area contributed by atoms with Gasteiger partial charge in [-0.25, -0.2) is 4.39 Å². The number of carbonyl (C=O) groups is 2. The van der Waals surface area contributed by atoms with Crippen LogP contribution < -0.4 is 10.2 Å². The summed E-state index contributed by atoms with van der Waals surface area (Å²) in [6.45, 7) is 2.47. The van der Waals surface area contributed by atoms with Gasteiger partial charge in [-0.15, -0.1) is 22.0 Å². The van der Waals surface area contributed by atoms with Crippen LogP contribution in [0.25, 0.3) is 0 Å². The number of thioether (sulfide) groups is 1. The van der Waals surface area contributed by atoms with Gasteiger partial charge >= 0.3 is 0 Å². The number of amides is 2. The summed E-state index contributed by atoms with van der Waals surface area (Å²) in [5, 5.41) is 12.1. The molecule has 0 bridgehead atoms. The van der Waals surface area contributed by atoms with Gasteiger partial charge in [0, 0.05) is 29.5 Å². The van der Waals surface area contributed by atoms with Gasteiger partial charge in [0.05, 0.1) is 5.75 Å². The number of benzene rings is 2. The fourth-order valence-corrected chi connectivity index (χ4v) is 4.68. The average Bonchev–Trinajstić information content (AvgIpc) is 3.35. The second-order valence-corrected chi connectivity index (χ2v) is 9.04. The lowest BCUT2D eigenvalue weighted by Gasteiger charge is -2.16. The van der Waals surface area contributed by atoms with Crippen LogP contribution in [0.4, 0.5) is 15.2 Å². The zero-order valence-electron chi connectivity index (χ0n) is 16.2. The van der Waals surface area contributed by atoms with Gasteiger partial charge in [0.15, 0.2) is 0 Å². The first kappa shape index (κ1) is 20.5.